The van der Waals surface area contributed by atoms with E-state index in [-0.39, 0.29) is 0 Å². The van der Waals surface area contributed by atoms with Crippen LogP contribution in [0, 0.1) is 0 Å². The Bertz CT molecular complexity index is 219. The molecule has 0 saturated heterocycles. The van der Waals surface area contributed by atoms with E-state index in [2.05, 4.69) is 4.74 Å². The average Bonchev–Trinajstić information content (AvgIpc) is 2.15. The Morgan fingerprint density at radius 1 is 1.62 bits per heavy atom. The summed E-state index contributed by atoms with van der Waals surface area (Å²) in [5.74, 6) is -0.404. The Labute approximate surface area is 79.3 Å². The molecule has 0 aromatic rings. The van der Waals surface area contributed by atoms with Gasteiger partial charge in [0.2, 0.25) is 0 Å². The summed E-state index contributed by atoms with van der Waals surface area (Å²) in [6.07, 6.45) is 6.67. The zero-order valence-electron chi connectivity index (χ0n) is 8.41. The minimum absolute atomic E-state index is 0.404. The molecule has 1 atom stereocenters. The predicted molar refractivity (Wildman–Crippen MR) is 53.2 cm³/mol. The largest absolute Gasteiger partial charge is 0.468 e. The normalized spacial score (nSPS) is 14.6. The maximum Gasteiger partial charge on any atom is 0.326 e. The molecule has 0 bridgehead atoms. The molecule has 13 heavy (non-hydrogen) atoms. The van der Waals surface area contributed by atoms with Gasteiger partial charge >= 0.3 is 5.97 Å². The average molecular weight is 183 g/mol. The molecule has 1 unspecified atom stereocenters. The number of hydrogen-bond acceptors (Lipinski definition) is 3. The number of allylic oxidation sites excluding steroid dienone is 3. The summed E-state index contributed by atoms with van der Waals surface area (Å²) < 4.78 is 4.51. The van der Waals surface area contributed by atoms with Gasteiger partial charge in [0.15, 0.2) is 0 Å². The van der Waals surface area contributed by atoms with Gasteiger partial charge in [0, 0.05) is 0 Å². The smallest absolute Gasteiger partial charge is 0.326 e. The minimum atomic E-state index is -0.647. The molecule has 74 valence electrons. The molecule has 0 aromatic carbocycles. The Hall–Kier alpha value is -1.09. The van der Waals surface area contributed by atoms with E-state index >= 15 is 0 Å². The molecule has 0 heterocycles. The van der Waals surface area contributed by atoms with Gasteiger partial charge in [0.25, 0.3) is 0 Å². The van der Waals surface area contributed by atoms with Gasteiger partial charge in [-0.15, -0.1) is 0 Å². The lowest BCUT2D eigenvalue weighted by atomic mass is 10.1. The van der Waals surface area contributed by atoms with E-state index in [0.717, 1.165) is 12.0 Å². The first kappa shape index (κ1) is 11.9. The lowest BCUT2D eigenvalue weighted by Crippen LogP contribution is -2.32. The van der Waals surface area contributed by atoms with Crippen molar-refractivity contribution in [1.82, 2.24) is 0 Å². The molecule has 0 spiro atoms. The van der Waals surface area contributed by atoms with Crippen molar-refractivity contribution in [3.8, 4) is 0 Å². The summed E-state index contributed by atoms with van der Waals surface area (Å²) in [5.41, 5.74) is 6.38. The number of methoxy groups -OCH3 is 1. The molecule has 2 N–H and O–H groups in total. The third kappa shape index (κ3) is 4.48. The molecular weight excluding hydrogens is 166 g/mol. The zero-order valence-corrected chi connectivity index (χ0v) is 8.41. The van der Waals surface area contributed by atoms with Gasteiger partial charge in [0.05, 0.1) is 7.11 Å². The van der Waals surface area contributed by atoms with Crippen molar-refractivity contribution < 1.29 is 9.53 Å². The predicted octanol–water partition coefficient (Wildman–Crippen LogP) is 1.40. The topological polar surface area (TPSA) is 52.3 Å². The Kier molecular flexibility index (Phi) is 5.89. The fourth-order valence-electron chi connectivity index (χ4n) is 0.772. The van der Waals surface area contributed by atoms with Crippen LogP contribution in [-0.4, -0.2) is 19.1 Å². The van der Waals surface area contributed by atoms with E-state index in [1.807, 2.05) is 32.1 Å². The van der Waals surface area contributed by atoms with Crippen LogP contribution in [-0.2, 0) is 9.53 Å². The van der Waals surface area contributed by atoms with Crippen molar-refractivity contribution in [2.45, 2.75) is 26.3 Å². The van der Waals surface area contributed by atoms with Crippen LogP contribution in [0.5, 0.6) is 0 Å². The van der Waals surface area contributed by atoms with Crippen molar-refractivity contribution >= 4 is 5.97 Å². The molecule has 0 fully saturated rings. The highest BCUT2D eigenvalue weighted by Crippen LogP contribution is 2.00. The first-order chi connectivity index (χ1) is 6.13. The standard InChI is InChI=1S/C10H17NO2/c1-4-5-6-7-8(2)9(11)10(12)13-3/h5-7,9H,4,11H2,1-3H3/b6-5-,8-7+. The van der Waals surface area contributed by atoms with Gasteiger partial charge in [-0.2, -0.15) is 0 Å². The van der Waals surface area contributed by atoms with Gasteiger partial charge < -0.3 is 10.5 Å². The highest BCUT2D eigenvalue weighted by Gasteiger charge is 2.14. The Balaban J connectivity index is 4.23. The van der Waals surface area contributed by atoms with Gasteiger partial charge in [-0.3, -0.25) is 4.79 Å². The molecule has 0 saturated carbocycles. The molecule has 3 nitrogen and oxygen atoms in total. The molecule has 0 aliphatic carbocycles. The highest BCUT2D eigenvalue weighted by molar-refractivity contribution is 5.78. The number of ether oxygens (including phenoxy) is 1. The van der Waals surface area contributed by atoms with Gasteiger partial charge in [-0.1, -0.05) is 25.2 Å². The lowest BCUT2D eigenvalue weighted by Gasteiger charge is -2.08. The van der Waals surface area contributed by atoms with E-state index in [4.69, 9.17) is 5.73 Å². The fourth-order valence-corrected chi connectivity index (χ4v) is 0.772. The number of nitrogens with two attached hydrogens (primary N) is 1. The SMILES string of the molecule is CC/C=C\C=C(/C)C(N)C(=O)OC. The van der Waals surface area contributed by atoms with Crippen molar-refractivity contribution in [2.24, 2.45) is 5.73 Å². The minimum Gasteiger partial charge on any atom is -0.468 e. The van der Waals surface area contributed by atoms with Crippen LogP contribution in [0.1, 0.15) is 20.3 Å². The highest BCUT2D eigenvalue weighted by atomic mass is 16.5. The van der Waals surface area contributed by atoms with Crippen LogP contribution in [0.25, 0.3) is 0 Å². The summed E-state index contributed by atoms with van der Waals surface area (Å²) in [7, 11) is 1.33. The summed E-state index contributed by atoms with van der Waals surface area (Å²) in [4.78, 5) is 11.0. The first-order valence-corrected chi connectivity index (χ1v) is 4.30. The second kappa shape index (κ2) is 6.43. The third-order valence-corrected chi connectivity index (χ3v) is 1.68. The molecule has 0 aromatic heterocycles. The maximum atomic E-state index is 11.0. The van der Waals surface area contributed by atoms with Crippen molar-refractivity contribution in [3.63, 3.8) is 0 Å². The second-order valence-electron chi connectivity index (χ2n) is 2.75. The Morgan fingerprint density at radius 2 is 2.23 bits per heavy atom. The summed E-state index contributed by atoms with van der Waals surface area (Å²) in [5, 5.41) is 0. The molecule has 3 heteroatoms. The monoisotopic (exact) mass is 183 g/mol. The van der Waals surface area contributed by atoms with Crippen LogP contribution in [0.2, 0.25) is 0 Å². The van der Waals surface area contributed by atoms with Crippen molar-refractivity contribution in [1.29, 1.82) is 0 Å². The van der Waals surface area contributed by atoms with E-state index in [1.54, 1.807) is 0 Å². The van der Waals surface area contributed by atoms with E-state index in [9.17, 15) is 4.79 Å². The van der Waals surface area contributed by atoms with Crippen molar-refractivity contribution in [3.05, 3.63) is 23.8 Å². The fraction of sp³-hybridized carbons (Fsp3) is 0.500. The number of hydrogen-bond donors (Lipinski definition) is 1. The van der Waals surface area contributed by atoms with Gasteiger partial charge in [0.1, 0.15) is 6.04 Å². The molecule has 0 radical (unpaired) electrons. The molecule has 0 rings (SSSR count). The molecule has 0 aliphatic heterocycles. The van der Waals surface area contributed by atoms with Gasteiger partial charge in [-0.25, -0.2) is 0 Å². The molecule has 0 amide bonds. The lowest BCUT2D eigenvalue weighted by molar-refractivity contribution is -0.141. The number of carbonyl (C=O) groups excluding carboxylic acids is 1. The van der Waals surface area contributed by atoms with Crippen molar-refractivity contribution in [2.75, 3.05) is 7.11 Å². The second-order valence-corrected chi connectivity index (χ2v) is 2.75. The van der Waals surface area contributed by atoms with Crippen LogP contribution < -0.4 is 5.73 Å². The van der Waals surface area contributed by atoms with Crippen LogP contribution in [0.15, 0.2) is 23.8 Å². The summed E-state index contributed by atoms with van der Waals surface area (Å²) >= 11 is 0. The quantitative estimate of drug-likeness (QED) is 0.529. The van der Waals surface area contributed by atoms with E-state index < -0.39 is 12.0 Å². The van der Waals surface area contributed by atoms with E-state index in [1.165, 1.54) is 7.11 Å². The van der Waals surface area contributed by atoms with Crippen LogP contribution in [0.3, 0.4) is 0 Å². The first-order valence-electron chi connectivity index (χ1n) is 4.30. The number of rotatable bonds is 4. The number of esters is 1. The van der Waals surface area contributed by atoms with E-state index in [0.29, 0.717) is 0 Å². The Morgan fingerprint density at radius 3 is 2.69 bits per heavy atom. The number of carbonyl (C=O) groups is 1. The zero-order chi connectivity index (χ0) is 10.3. The van der Waals surface area contributed by atoms with Crippen LogP contribution >= 0.6 is 0 Å². The summed E-state index contributed by atoms with van der Waals surface area (Å²) in [6, 6.07) is -0.647. The van der Waals surface area contributed by atoms with Gasteiger partial charge in [-0.05, 0) is 18.9 Å². The summed E-state index contributed by atoms with van der Waals surface area (Å²) in [6.45, 7) is 3.85. The maximum absolute atomic E-state index is 11.0. The molecule has 0 aliphatic rings. The third-order valence-electron chi connectivity index (χ3n) is 1.68. The van der Waals surface area contributed by atoms with Crippen LogP contribution in [0.4, 0.5) is 0 Å². The molecular formula is C10H17NO2.